The summed E-state index contributed by atoms with van der Waals surface area (Å²) in [6.45, 7) is 3.86. The van der Waals surface area contributed by atoms with Crippen LogP contribution >= 0.6 is 0 Å². The van der Waals surface area contributed by atoms with Gasteiger partial charge in [0.15, 0.2) is 0 Å². The van der Waals surface area contributed by atoms with Gasteiger partial charge < -0.3 is 14.8 Å². The van der Waals surface area contributed by atoms with Gasteiger partial charge in [-0.25, -0.2) is 4.79 Å². The third-order valence-corrected chi connectivity index (χ3v) is 4.21. The Bertz CT molecular complexity index is 657. The quantitative estimate of drug-likeness (QED) is 0.764. The summed E-state index contributed by atoms with van der Waals surface area (Å²) < 4.78 is 2.42. The number of aryl methyl sites for hydroxylation is 1. The second-order valence-electron chi connectivity index (χ2n) is 5.81. The number of rotatable bonds is 4. The molecule has 7 nitrogen and oxygen atoms in total. The largest absolute Gasteiger partial charge is 0.341 e. The maximum absolute atomic E-state index is 12.4. The van der Waals surface area contributed by atoms with E-state index in [1.54, 1.807) is 19.0 Å². The summed E-state index contributed by atoms with van der Waals surface area (Å²) in [6, 6.07) is 0. The molecule has 0 saturated carbocycles. The maximum Gasteiger partial charge on any atom is 0.330 e. The van der Waals surface area contributed by atoms with E-state index < -0.39 is 0 Å². The molecule has 0 aromatic carbocycles. The van der Waals surface area contributed by atoms with Gasteiger partial charge in [0.25, 0.3) is 5.56 Å². The first kappa shape index (κ1) is 15.5. The van der Waals surface area contributed by atoms with Crippen LogP contribution in [0, 0.1) is 11.8 Å². The second-order valence-corrected chi connectivity index (χ2v) is 5.81. The van der Waals surface area contributed by atoms with Crippen LogP contribution in [-0.4, -0.2) is 40.1 Å². The highest BCUT2D eigenvalue weighted by molar-refractivity contribution is 5.78. The molecule has 1 aromatic heterocycles. The first-order valence-corrected chi connectivity index (χ1v) is 7.04. The van der Waals surface area contributed by atoms with Crippen LogP contribution in [0.2, 0.25) is 0 Å². The summed E-state index contributed by atoms with van der Waals surface area (Å²) in [4.78, 5) is 37.6. The van der Waals surface area contributed by atoms with E-state index in [0.29, 0.717) is 11.5 Å². The molecule has 1 aliphatic rings. The van der Waals surface area contributed by atoms with Crippen molar-refractivity contribution in [3.63, 3.8) is 0 Å². The lowest BCUT2D eigenvalue weighted by molar-refractivity contribution is -0.136. The Morgan fingerprint density at radius 3 is 2.57 bits per heavy atom. The monoisotopic (exact) mass is 294 g/mol. The molecule has 1 amide bonds. The zero-order chi connectivity index (χ0) is 15.7. The van der Waals surface area contributed by atoms with Gasteiger partial charge in [-0.1, -0.05) is 6.92 Å². The molecule has 2 rings (SSSR count). The molecule has 2 heterocycles. The van der Waals surface area contributed by atoms with Gasteiger partial charge in [0.1, 0.15) is 0 Å². The Morgan fingerprint density at radius 2 is 2.05 bits per heavy atom. The lowest BCUT2D eigenvalue weighted by Crippen LogP contribution is -2.50. The van der Waals surface area contributed by atoms with Crippen molar-refractivity contribution in [1.82, 2.24) is 19.4 Å². The van der Waals surface area contributed by atoms with Crippen molar-refractivity contribution >= 4 is 5.91 Å². The highest BCUT2D eigenvalue weighted by atomic mass is 16.2. The SMILES string of the molecule is CC(C(=O)N(C)Cc1cn(C)c(=O)n(C)c1=O)C1CNC1. The van der Waals surface area contributed by atoms with Gasteiger partial charge in [-0.3, -0.25) is 14.2 Å². The van der Waals surface area contributed by atoms with Gasteiger partial charge in [0.2, 0.25) is 5.91 Å². The van der Waals surface area contributed by atoms with E-state index in [9.17, 15) is 14.4 Å². The van der Waals surface area contributed by atoms with Crippen LogP contribution in [0.3, 0.4) is 0 Å². The minimum absolute atomic E-state index is 0.0254. The zero-order valence-corrected chi connectivity index (χ0v) is 12.9. The molecule has 21 heavy (non-hydrogen) atoms. The van der Waals surface area contributed by atoms with Crippen molar-refractivity contribution in [3.05, 3.63) is 32.6 Å². The van der Waals surface area contributed by atoms with E-state index in [2.05, 4.69) is 5.32 Å². The minimum atomic E-state index is -0.369. The summed E-state index contributed by atoms with van der Waals surface area (Å²) in [5.74, 6) is 0.327. The summed E-state index contributed by atoms with van der Waals surface area (Å²) in [5, 5.41) is 3.15. The van der Waals surface area contributed by atoms with Gasteiger partial charge in [0, 0.05) is 33.3 Å². The number of amides is 1. The number of nitrogens with zero attached hydrogens (tertiary/aromatic N) is 3. The van der Waals surface area contributed by atoms with Gasteiger partial charge in [-0.15, -0.1) is 0 Å². The van der Waals surface area contributed by atoms with Crippen LogP contribution in [0.5, 0.6) is 0 Å². The number of aromatic nitrogens is 2. The molecule has 116 valence electrons. The molecule has 7 heteroatoms. The molecule has 1 saturated heterocycles. The van der Waals surface area contributed by atoms with Crippen LogP contribution in [0.25, 0.3) is 0 Å². The van der Waals surface area contributed by atoms with E-state index >= 15 is 0 Å². The maximum atomic E-state index is 12.4. The number of hydrogen-bond acceptors (Lipinski definition) is 4. The third-order valence-electron chi connectivity index (χ3n) is 4.21. The standard InChI is InChI=1S/C14H22N4O3/c1-9(10-5-15-6-10)12(19)16(2)7-11-8-17(3)14(21)18(4)13(11)20/h8-10,15H,5-7H2,1-4H3. The van der Waals surface area contributed by atoms with Crippen molar-refractivity contribution in [2.75, 3.05) is 20.1 Å². The van der Waals surface area contributed by atoms with Crippen molar-refractivity contribution in [1.29, 1.82) is 0 Å². The van der Waals surface area contributed by atoms with Crippen molar-refractivity contribution in [3.8, 4) is 0 Å². The van der Waals surface area contributed by atoms with Gasteiger partial charge >= 0.3 is 5.69 Å². The lowest BCUT2D eigenvalue weighted by atomic mass is 9.88. The minimum Gasteiger partial charge on any atom is -0.341 e. The molecular formula is C14H22N4O3. The highest BCUT2D eigenvalue weighted by Crippen LogP contribution is 2.18. The fourth-order valence-corrected chi connectivity index (χ4v) is 2.54. The van der Waals surface area contributed by atoms with Gasteiger partial charge in [-0.05, 0) is 19.0 Å². The molecule has 0 bridgehead atoms. The third kappa shape index (κ3) is 2.92. The van der Waals surface area contributed by atoms with Gasteiger partial charge in [-0.2, -0.15) is 0 Å². The van der Waals surface area contributed by atoms with E-state index in [-0.39, 0.29) is 29.6 Å². The molecule has 1 N–H and O–H groups in total. The Labute approximate surface area is 123 Å². The van der Waals surface area contributed by atoms with Crippen LogP contribution in [-0.2, 0) is 25.4 Å². The van der Waals surface area contributed by atoms with E-state index in [0.717, 1.165) is 17.7 Å². The predicted molar refractivity (Wildman–Crippen MR) is 78.9 cm³/mol. The molecule has 0 aliphatic carbocycles. The first-order valence-electron chi connectivity index (χ1n) is 7.04. The van der Waals surface area contributed by atoms with Crippen LogP contribution < -0.4 is 16.6 Å². The molecular weight excluding hydrogens is 272 g/mol. The van der Waals surface area contributed by atoms with E-state index in [1.807, 2.05) is 6.92 Å². The first-order chi connectivity index (χ1) is 9.82. The Balaban J connectivity index is 2.16. The second kappa shape index (κ2) is 5.85. The molecule has 0 spiro atoms. The number of carbonyl (C=O) groups is 1. The molecule has 1 unspecified atom stereocenters. The van der Waals surface area contributed by atoms with Crippen LogP contribution in [0.15, 0.2) is 15.8 Å². The molecule has 1 atom stereocenters. The molecule has 1 aliphatic heterocycles. The smallest absolute Gasteiger partial charge is 0.330 e. The van der Waals surface area contributed by atoms with Gasteiger partial charge in [0.05, 0.1) is 12.1 Å². The highest BCUT2D eigenvalue weighted by Gasteiger charge is 2.30. The van der Waals surface area contributed by atoms with Crippen molar-refractivity contribution in [2.45, 2.75) is 13.5 Å². The molecule has 1 fully saturated rings. The molecule has 1 aromatic rings. The normalized spacial score (nSPS) is 16.4. The Morgan fingerprint density at radius 1 is 1.43 bits per heavy atom. The Hall–Kier alpha value is -1.89. The summed E-state index contributed by atoms with van der Waals surface area (Å²) in [7, 11) is 4.73. The number of nitrogens with one attached hydrogen (secondary N) is 1. The average Bonchev–Trinajstić information content (AvgIpc) is 2.39. The lowest BCUT2D eigenvalue weighted by Gasteiger charge is -2.33. The van der Waals surface area contributed by atoms with Crippen LogP contribution in [0.4, 0.5) is 0 Å². The van der Waals surface area contributed by atoms with Crippen molar-refractivity contribution < 1.29 is 4.79 Å². The average molecular weight is 294 g/mol. The predicted octanol–water partition coefficient (Wildman–Crippen LogP) is -1.10. The Kier molecular flexibility index (Phi) is 4.32. The van der Waals surface area contributed by atoms with Crippen molar-refractivity contribution in [2.24, 2.45) is 25.9 Å². The number of hydrogen-bond donors (Lipinski definition) is 1. The summed E-state index contributed by atoms with van der Waals surface area (Å²) in [5.41, 5.74) is -0.281. The van der Waals surface area contributed by atoms with E-state index in [1.165, 1.54) is 17.8 Å². The van der Waals surface area contributed by atoms with Crippen LogP contribution in [0.1, 0.15) is 12.5 Å². The molecule has 0 radical (unpaired) electrons. The topological polar surface area (TPSA) is 76.3 Å². The fraction of sp³-hybridized carbons (Fsp3) is 0.643. The summed E-state index contributed by atoms with van der Waals surface area (Å²) in [6.07, 6.45) is 1.50. The summed E-state index contributed by atoms with van der Waals surface area (Å²) >= 11 is 0. The van der Waals surface area contributed by atoms with E-state index in [4.69, 9.17) is 0 Å². The zero-order valence-electron chi connectivity index (χ0n) is 12.9. The fourth-order valence-electron chi connectivity index (χ4n) is 2.54. The number of carbonyl (C=O) groups excluding carboxylic acids is 1.